The minimum absolute atomic E-state index is 0.116. The largest absolute Gasteiger partial charge is 0.350 e. The molecule has 2 heterocycles. The number of imidazole rings is 1. The third-order valence-corrected chi connectivity index (χ3v) is 3.81. The van der Waals surface area contributed by atoms with Crippen molar-refractivity contribution in [1.82, 2.24) is 29.6 Å². The van der Waals surface area contributed by atoms with Gasteiger partial charge in [-0.1, -0.05) is 0 Å². The number of aromatic nitrogens is 5. The van der Waals surface area contributed by atoms with Crippen molar-refractivity contribution >= 4 is 18.1 Å². The van der Waals surface area contributed by atoms with Crippen molar-refractivity contribution in [3.8, 4) is 5.69 Å². The zero-order valence-electron chi connectivity index (χ0n) is 12.6. The van der Waals surface area contributed by atoms with Crippen LogP contribution in [0.3, 0.4) is 0 Å². The minimum atomic E-state index is -0.116. The van der Waals surface area contributed by atoms with Gasteiger partial charge in [0.05, 0.1) is 6.33 Å². The molecule has 0 saturated carbocycles. The molecule has 1 amide bonds. The van der Waals surface area contributed by atoms with Crippen LogP contribution in [0.2, 0.25) is 0 Å². The zero-order valence-corrected chi connectivity index (χ0v) is 13.4. The lowest BCUT2D eigenvalue weighted by Gasteiger charge is -2.08. The van der Waals surface area contributed by atoms with Gasteiger partial charge >= 0.3 is 0 Å². The summed E-state index contributed by atoms with van der Waals surface area (Å²) in [5.41, 5.74) is 1.57. The summed E-state index contributed by atoms with van der Waals surface area (Å²) in [4.78, 5) is 16.2. The van der Waals surface area contributed by atoms with Gasteiger partial charge in [-0.15, -0.1) is 0 Å². The summed E-state index contributed by atoms with van der Waals surface area (Å²) in [5.74, 6) is 0.684. The van der Waals surface area contributed by atoms with E-state index in [1.165, 1.54) is 0 Å². The van der Waals surface area contributed by atoms with Crippen LogP contribution in [0.15, 0.2) is 43.0 Å². The van der Waals surface area contributed by atoms with Gasteiger partial charge < -0.3 is 14.5 Å². The fraction of sp³-hybridized carbons (Fsp3) is 0.200. The van der Waals surface area contributed by atoms with E-state index in [0.717, 1.165) is 11.5 Å². The Labute approximate surface area is 138 Å². The van der Waals surface area contributed by atoms with Gasteiger partial charge in [0.1, 0.15) is 5.82 Å². The fourth-order valence-electron chi connectivity index (χ4n) is 2.24. The van der Waals surface area contributed by atoms with Gasteiger partial charge in [-0.25, -0.2) is 4.98 Å². The lowest BCUT2D eigenvalue weighted by molar-refractivity contribution is 0.0952. The van der Waals surface area contributed by atoms with Crippen LogP contribution in [0.4, 0.5) is 0 Å². The van der Waals surface area contributed by atoms with Crippen LogP contribution >= 0.6 is 12.2 Å². The Kier molecular flexibility index (Phi) is 4.33. The van der Waals surface area contributed by atoms with E-state index in [1.807, 2.05) is 34.4 Å². The summed E-state index contributed by atoms with van der Waals surface area (Å²) in [5, 5.41) is 9.63. The molecule has 0 aliphatic heterocycles. The van der Waals surface area contributed by atoms with E-state index < -0.39 is 0 Å². The summed E-state index contributed by atoms with van der Waals surface area (Å²) in [7, 11) is 0. The Morgan fingerprint density at radius 3 is 2.74 bits per heavy atom. The highest BCUT2D eigenvalue weighted by Crippen LogP contribution is 2.09. The highest BCUT2D eigenvalue weighted by molar-refractivity contribution is 7.71. The number of rotatable bonds is 5. The fourth-order valence-corrected chi connectivity index (χ4v) is 2.51. The van der Waals surface area contributed by atoms with Crippen LogP contribution in [-0.4, -0.2) is 36.8 Å². The first-order valence-corrected chi connectivity index (χ1v) is 7.54. The number of nitrogens with zero attached hydrogens (tertiary/aromatic N) is 4. The lowest BCUT2D eigenvalue weighted by Crippen LogP contribution is -2.27. The molecule has 8 heteroatoms. The molecule has 23 heavy (non-hydrogen) atoms. The van der Waals surface area contributed by atoms with E-state index in [2.05, 4.69) is 20.5 Å². The molecule has 2 N–H and O–H groups in total. The first kappa shape index (κ1) is 15.2. The van der Waals surface area contributed by atoms with E-state index in [4.69, 9.17) is 12.2 Å². The molecule has 118 valence electrons. The summed E-state index contributed by atoms with van der Waals surface area (Å²) in [6.45, 7) is 2.93. The molecule has 0 fully saturated rings. The van der Waals surface area contributed by atoms with Crippen LogP contribution in [0.5, 0.6) is 0 Å². The molecule has 0 saturated heterocycles. The van der Waals surface area contributed by atoms with Crippen molar-refractivity contribution in [2.45, 2.75) is 13.5 Å². The maximum Gasteiger partial charge on any atom is 0.251 e. The Balaban J connectivity index is 1.59. The van der Waals surface area contributed by atoms with Crippen molar-refractivity contribution in [3.05, 3.63) is 59.1 Å². The molecule has 0 aliphatic rings. The Morgan fingerprint density at radius 1 is 1.35 bits per heavy atom. The Bertz CT molecular complexity index is 847. The SMILES string of the molecule is Cc1n[nH]c(=S)n1CCNC(=O)c1ccc(-n2ccnc2)cc1. The molecular weight excluding hydrogens is 312 g/mol. The topological polar surface area (TPSA) is 80.5 Å². The normalized spacial score (nSPS) is 10.7. The monoisotopic (exact) mass is 328 g/mol. The van der Waals surface area contributed by atoms with E-state index in [1.54, 1.807) is 24.7 Å². The summed E-state index contributed by atoms with van der Waals surface area (Å²) >= 11 is 5.12. The first-order valence-electron chi connectivity index (χ1n) is 7.13. The molecule has 0 radical (unpaired) electrons. The standard InChI is InChI=1S/C15H16N6OS/c1-11-18-19-15(23)21(11)9-7-17-14(22)12-2-4-13(5-3-12)20-8-6-16-10-20/h2-6,8,10H,7,9H2,1H3,(H,17,22)(H,19,23). The maximum atomic E-state index is 12.2. The molecule has 0 aliphatic carbocycles. The third kappa shape index (κ3) is 3.37. The van der Waals surface area contributed by atoms with Gasteiger partial charge in [0.25, 0.3) is 5.91 Å². The Morgan fingerprint density at radius 2 is 2.13 bits per heavy atom. The average Bonchev–Trinajstić information content (AvgIpc) is 3.20. The van der Waals surface area contributed by atoms with Gasteiger partial charge in [0, 0.05) is 36.7 Å². The second kappa shape index (κ2) is 6.57. The average molecular weight is 328 g/mol. The predicted molar refractivity (Wildman–Crippen MR) is 88.0 cm³/mol. The smallest absolute Gasteiger partial charge is 0.251 e. The number of carbonyl (C=O) groups is 1. The van der Waals surface area contributed by atoms with Gasteiger partial charge in [0.2, 0.25) is 0 Å². The molecule has 7 nitrogen and oxygen atoms in total. The van der Waals surface area contributed by atoms with Gasteiger partial charge in [-0.2, -0.15) is 5.10 Å². The number of aromatic amines is 1. The van der Waals surface area contributed by atoms with Crippen LogP contribution in [0, 0.1) is 11.7 Å². The highest BCUT2D eigenvalue weighted by Gasteiger charge is 2.06. The molecular formula is C15H16N6OS. The lowest BCUT2D eigenvalue weighted by atomic mass is 10.2. The van der Waals surface area contributed by atoms with Crippen molar-refractivity contribution in [2.24, 2.45) is 0 Å². The third-order valence-electron chi connectivity index (χ3n) is 3.50. The molecule has 3 rings (SSSR count). The molecule has 0 spiro atoms. The number of H-pyrrole nitrogens is 1. The quantitative estimate of drug-likeness (QED) is 0.701. The van der Waals surface area contributed by atoms with Crippen LogP contribution in [-0.2, 0) is 6.54 Å². The van der Waals surface area contributed by atoms with E-state index >= 15 is 0 Å². The molecule has 3 aromatic rings. The van der Waals surface area contributed by atoms with E-state index in [9.17, 15) is 4.79 Å². The first-order chi connectivity index (χ1) is 11.1. The number of carbonyl (C=O) groups excluding carboxylic acids is 1. The Hall–Kier alpha value is -2.74. The minimum Gasteiger partial charge on any atom is -0.350 e. The van der Waals surface area contributed by atoms with Crippen LogP contribution in [0.1, 0.15) is 16.2 Å². The second-order valence-electron chi connectivity index (χ2n) is 5.00. The van der Waals surface area contributed by atoms with Gasteiger partial charge in [-0.3, -0.25) is 9.89 Å². The molecule has 0 unspecified atom stereocenters. The van der Waals surface area contributed by atoms with Crippen LogP contribution in [0.25, 0.3) is 5.69 Å². The number of hydrogen-bond acceptors (Lipinski definition) is 4. The highest BCUT2D eigenvalue weighted by atomic mass is 32.1. The van der Waals surface area contributed by atoms with Crippen molar-refractivity contribution in [3.63, 3.8) is 0 Å². The van der Waals surface area contributed by atoms with E-state index in [-0.39, 0.29) is 5.91 Å². The number of nitrogens with one attached hydrogen (secondary N) is 2. The molecule has 1 aromatic carbocycles. The summed E-state index contributed by atoms with van der Waals surface area (Å²) < 4.78 is 4.28. The number of hydrogen-bond donors (Lipinski definition) is 2. The number of amides is 1. The van der Waals surface area contributed by atoms with Crippen molar-refractivity contribution in [2.75, 3.05) is 6.54 Å². The number of benzene rings is 1. The molecule has 0 bridgehead atoms. The second-order valence-corrected chi connectivity index (χ2v) is 5.39. The molecule has 2 aromatic heterocycles. The predicted octanol–water partition coefficient (Wildman–Crippen LogP) is 1.86. The van der Waals surface area contributed by atoms with Crippen molar-refractivity contribution in [1.29, 1.82) is 0 Å². The van der Waals surface area contributed by atoms with E-state index in [0.29, 0.717) is 23.4 Å². The zero-order chi connectivity index (χ0) is 16.2. The molecule has 0 atom stereocenters. The maximum absolute atomic E-state index is 12.2. The van der Waals surface area contributed by atoms with Crippen molar-refractivity contribution < 1.29 is 4.79 Å². The summed E-state index contributed by atoms with van der Waals surface area (Å²) in [6, 6.07) is 7.35. The number of aryl methyl sites for hydroxylation is 1. The summed E-state index contributed by atoms with van der Waals surface area (Å²) in [6.07, 6.45) is 5.28. The van der Waals surface area contributed by atoms with Gasteiger partial charge in [0.15, 0.2) is 4.77 Å². The van der Waals surface area contributed by atoms with Gasteiger partial charge in [-0.05, 0) is 43.4 Å². The van der Waals surface area contributed by atoms with Crippen LogP contribution < -0.4 is 5.32 Å².